The molecule has 1 unspecified atom stereocenters. The van der Waals surface area contributed by atoms with Gasteiger partial charge in [0.15, 0.2) is 0 Å². The van der Waals surface area contributed by atoms with Crippen molar-refractivity contribution in [2.24, 2.45) is 0 Å². The number of morpholine rings is 1. The third-order valence-electron chi connectivity index (χ3n) is 7.26. The Bertz CT molecular complexity index is 1400. The number of ether oxygens (including phenoxy) is 2. The van der Waals surface area contributed by atoms with E-state index in [1.165, 1.54) is 11.1 Å². The maximum absolute atomic E-state index is 13.7. The summed E-state index contributed by atoms with van der Waals surface area (Å²) >= 11 is 0. The smallest absolute Gasteiger partial charge is 0.252 e. The fourth-order valence-electron chi connectivity index (χ4n) is 5.03. The Hall–Kier alpha value is -3.45. The van der Waals surface area contributed by atoms with Gasteiger partial charge in [-0.1, -0.05) is 68.4 Å². The summed E-state index contributed by atoms with van der Waals surface area (Å²) in [4.78, 5) is 21.0. The lowest BCUT2D eigenvalue weighted by molar-refractivity contribution is 0.0162. The molecule has 6 nitrogen and oxygen atoms in total. The first-order valence-electron chi connectivity index (χ1n) is 13.3. The largest absolute Gasteiger partial charge is 0.497 e. The first-order chi connectivity index (χ1) is 18.5. The summed E-state index contributed by atoms with van der Waals surface area (Å²) in [6.45, 7) is 7.99. The van der Waals surface area contributed by atoms with Crippen LogP contribution in [0.4, 0.5) is 0 Å². The van der Waals surface area contributed by atoms with E-state index in [4.69, 9.17) is 14.5 Å². The molecule has 0 bridgehead atoms. The Morgan fingerprint density at radius 3 is 2.41 bits per heavy atom. The van der Waals surface area contributed by atoms with E-state index in [0.717, 1.165) is 41.0 Å². The molecule has 1 saturated heterocycles. The first kappa shape index (κ1) is 28.6. The molecule has 7 heteroatoms. The van der Waals surface area contributed by atoms with Gasteiger partial charge in [-0.05, 0) is 41.3 Å². The van der Waals surface area contributed by atoms with Crippen molar-refractivity contribution in [2.45, 2.75) is 25.8 Å². The number of carbonyl (C=O) groups is 1. The van der Waals surface area contributed by atoms with Crippen LogP contribution in [-0.2, 0) is 4.74 Å². The number of hydrogen-bond acceptors (Lipinski definition) is 5. The quantitative estimate of drug-likeness (QED) is 0.283. The van der Waals surface area contributed by atoms with Gasteiger partial charge < -0.3 is 14.8 Å². The van der Waals surface area contributed by atoms with Crippen LogP contribution in [0.25, 0.3) is 22.2 Å². The van der Waals surface area contributed by atoms with Crippen LogP contribution in [0, 0.1) is 0 Å². The number of rotatable bonds is 8. The number of amides is 1. The number of benzene rings is 3. The summed E-state index contributed by atoms with van der Waals surface area (Å²) in [6, 6.07) is 26.3. The lowest BCUT2D eigenvalue weighted by Gasteiger charge is -2.35. The molecule has 1 amide bonds. The number of nitrogens with one attached hydrogen (secondary N) is 1. The minimum Gasteiger partial charge on any atom is -0.497 e. The van der Waals surface area contributed by atoms with E-state index in [2.05, 4.69) is 48.3 Å². The standard InChI is InChI=1S/C32H35N3O3.ClH/c1-22(2)23-11-13-24(14-12-23)31(35-15-17-38-18-16-35)21-33-32(36)28-20-30(25-7-6-8-26(19-25)37-3)34-29-10-5-4-9-27(28)29;/h4-14,19-20,22,31H,15-18,21H2,1-3H3,(H,33,36);1H. The summed E-state index contributed by atoms with van der Waals surface area (Å²) in [5.74, 6) is 1.12. The summed E-state index contributed by atoms with van der Waals surface area (Å²) in [5, 5.41) is 4.09. The number of aromatic nitrogens is 1. The molecule has 0 aliphatic carbocycles. The van der Waals surface area contributed by atoms with Gasteiger partial charge in [-0.3, -0.25) is 9.69 Å². The third-order valence-corrected chi connectivity index (χ3v) is 7.26. The zero-order chi connectivity index (χ0) is 26.5. The highest BCUT2D eigenvalue weighted by molar-refractivity contribution is 6.07. The topological polar surface area (TPSA) is 63.7 Å². The molecule has 1 atom stereocenters. The molecule has 1 aromatic heterocycles. The second-order valence-electron chi connectivity index (χ2n) is 10.00. The summed E-state index contributed by atoms with van der Waals surface area (Å²) in [7, 11) is 1.65. The highest BCUT2D eigenvalue weighted by Crippen LogP contribution is 2.28. The van der Waals surface area contributed by atoms with E-state index >= 15 is 0 Å². The SMILES string of the molecule is COc1cccc(-c2cc(C(=O)NCC(c3ccc(C(C)C)cc3)N3CCOCC3)c3ccccc3n2)c1.Cl. The van der Waals surface area contributed by atoms with Crippen LogP contribution in [-0.4, -0.2) is 55.7 Å². The Morgan fingerprint density at radius 1 is 0.974 bits per heavy atom. The number of methoxy groups -OCH3 is 1. The minimum absolute atomic E-state index is 0. The second kappa shape index (κ2) is 13.1. The molecule has 3 aromatic carbocycles. The average Bonchev–Trinajstić information content (AvgIpc) is 2.97. The molecular formula is C32H36ClN3O3. The number of halogens is 1. The summed E-state index contributed by atoms with van der Waals surface area (Å²) < 4.78 is 11.0. The molecule has 1 N–H and O–H groups in total. The van der Waals surface area contributed by atoms with Crippen molar-refractivity contribution < 1.29 is 14.3 Å². The van der Waals surface area contributed by atoms with Gasteiger partial charge >= 0.3 is 0 Å². The lowest BCUT2D eigenvalue weighted by atomic mass is 9.98. The number of fused-ring (bicyclic) bond motifs is 1. The third kappa shape index (κ3) is 6.59. The normalized spacial score (nSPS) is 14.6. The maximum atomic E-state index is 13.7. The highest BCUT2D eigenvalue weighted by Gasteiger charge is 2.24. The van der Waals surface area contributed by atoms with Gasteiger partial charge in [-0.25, -0.2) is 4.98 Å². The van der Waals surface area contributed by atoms with E-state index in [0.29, 0.717) is 31.2 Å². The number of hydrogen-bond donors (Lipinski definition) is 1. The molecule has 4 aromatic rings. The van der Waals surface area contributed by atoms with Crippen LogP contribution in [0.15, 0.2) is 78.9 Å². The average molecular weight is 546 g/mol. The fraction of sp³-hybridized carbons (Fsp3) is 0.312. The number of carbonyl (C=O) groups excluding carboxylic acids is 1. The maximum Gasteiger partial charge on any atom is 0.252 e. The van der Waals surface area contributed by atoms with Crippen molar-refractivity contribution in [1.82, 2.24) is 15.2 Å². The van der Waals surface area contributed by atoms with Gasteiger partial charge in [0, 0.05) is 30.6 Å². The van der Waals surface area contributed by atoms with E-state index in [-0.39, 0.29) is 24.4 Å². The Balaban J connectivity index is 0.00000353. The van der Waals surface area contributed by atoms with Crippen LogP contribution >= 0.6 is 12.4 Å². The van der Waals surface area contributed by atoms with Crippen molar-refractivity contribution in [3.8, 4) is 17.0 Å². The van der Waals surface area contributed by atoms with E-state index in [9.17, 15) is 4.79 Å². The molecule has 0 saturated carbocycles. The fourth-order valence-corrected chi connectivity index (χ4v) is 5.03. The minimum atomic E-state index is -0.107. The first-order valence-corrected chi connectivity index (χ1v) is 13.3. The van der Waals surface area contributed by atoms with Gasteiger partial charge in [0.2, 0.25) is 0 Å². The number of nitrogens with zero attached hydrogens (tertiary/aromatic N) is 2. The number of para-hydroxylation sites is 1. The van der Waals surface area contributed by atoms with Gasteiger partial charge in [0.05, 0.1) is 43.1 Å². The molecule has 0 spiro atoms. The summed E-state index contributed by atoms with van der Waals surface area (Å²) in [6.07, 6.45) is 0. The van der Waals surface area contributed by atoms with E-state index < -0.39 is 0 Å². The highest BCUT2D eigenvalue weighted by atomic mass is 35.5. The van der Waals surface area contributed by atoms with Crippen LogP contribution in [0.5, 0.6) is 5.75 Å². The Kier molecular flexibility index (Phi) is 9.57. The van der Waals surface area contributed by atoms with Crippen molar-refractivity contribution in [3.63, 3.8) is 0 Å². The van der Waals surface area contributed by atoms with Crippen molar-refractivity contribution in [2.75, 3.05) is 40.0 Å². The Morgan fingerprint density at radius 2 is 1.69 bits per heavy atom. The van der Waals surface area contributed by atoms with Gasteiger partial charge in [-0.2, -0.15) is 0 Å². The predicted molar refractivity (Wildman–Crippen MR) is 159 cm³/mol. The second-order valence-corrected chi connectivity index (χ2v) is 10.00. The molecule has 5 rings (SSSR count). The van der Waals surface area contributed by atoms with Crippen molar-refractivity contribution >= 4 is 29.2 Å². The molecule has 1 aliphatic heterocycles. The zero-order valence-electron chi connectivity index (χ0n) is 22.7. The monoisotopic (exact) mass is 545 g/mol. The molecular weight excluding hydrogens is 510 g/mol. The van der Waals surface area contributed by atoms with Gasteiger partial charge in [0.1, 0.15) is 5.75 Å². The van der Waals surface area contributed by atoms with Gasteiger partial charge in [-0.15, -0.1) is 12.4 Å². The van der Waals surface area contributed by atoms with E-state index in [1.807, 2.05) is 54.6 Å². The van der Waals surface area contributed by atoms with Gasteiger partial charge in [0.25, 0.3) is 5.91 Å². The van der Waals surface area contributed by atoms with Crippen LogP contribution < -0.4 is 10.1 Å². The van der Waals surface area contributed by atoms with Crippen LogP contribution in [0.2, 0.25) is 0 Å². The lowest BCUT2D eigenvalue weighted by Crippen LogP contribution is -2.43. The molecule has 204 valence electrons. The molecule has 0 radical (unpaired) electrons. The molecule has 2 heterocycles. The van der Waals surface area contributed by atoms with Crippen molar-refractivity contribution in [3.05, 3.63) is 95.6 Å². The summed E-state index contributed by atoms with van der Waals surface area (Å²) in [5.41, 5.74) is 5.55. The molecule has 1 aliphatic rings. The molecule has 1 fully saturated rings. The Labute approximate surface area is 236 Å². The predicted octanol–water partition coefficient (Wildman–Crippen LogP) is 6.26. The van der Waals surface area contributed by atoms with E-state index in [1.54, 1.807) is 7.11 Å². The van der Waals surface area contributed by atoms with Crippen LogP contribution in [0.3, 0.4) is 0 Å². The molecule has 39 heavy (non-hydrogen) atoms. The zero-order valence-corrected chi connectivity index (χ0v) is 23.5. The van der Waals surface area contributed by atoms with Crippen LogP contribution in [0.1, 0.15) is 47.3 Å². The number of pyridine rings is 1. The van der Waals surface area contributed by atoms with Crippen molar-refractivity contribution in [1.29, 1.82) is 0 Å².